The molecule has 1 unspecified atom stereocenters. The number of esters is 3. The van der Waals surface area contributed by atoms with Gasteiger partial charge in [-0.3, -0.25) is 14.4 Å². The molecule has 0 rings (SSSR count). The van der Waals surface area contributed by atoms with Gasteiger partial charge in [-0.1, -0.05) is 332 Å². The SMILES string of the molecule is CC/C=C\C/C=C\C/C=C\C/C=C\CCCCCCC(=O)OC(COC(=O)CCCCCCCCCCCC)COC(=O)CCCCCCCCCCCCCCCCCCCCCCCCC/C=C\CCCCCCCCCC. The Kier molecular flexibility index (Phi) is 66.1. The molecule has 0 N–H and O–H groups in total. The monoisotopic (exact) mass is 1120 g/mol. The lowest BCUT2D eigenvalue weighted by Gasteiger charge is -2.18. The maximum atomic E-state index is 12.9. The van der Waals surface area contributed by atoms with E-state index in [0.717, 1.165) is 96.3 Å². The summed E-state index contributed by atoms with van der Waals surface area (Å²) in [6.45, 7) is 6.54. The number of carbonyl (C=O) groups is 3. The van der Waals surface area contributed by atoms with Crippen LogP contribution in [0.5, 0.6) is 0 Å². The summed E-state index contributed by atoms with van der Waals surface area (Å²) in [5.41, 5.74) is 0. The summed E-state index contributed by atoms with van der Waals surface area (Å²) in [7, 11) is 0. The quantitative estimate of drug-likeness (QED) is 0.0261. The van der Waals surface area contributed by atoms with Gasteiger partial charge in [-0.25, -0.2) is 0 Å². The lowest BCUT2D eigenvalue weighted by Crippen LogP contribution is -2.30. The molecule has 0 aliphatic heterocycles. The van der Waals surface area contributed by atoms with Crippen molar-refractivity contribution in [1.82, 2.24) is 0 Å². The highest BCUT2D eigenvalue weighted by Crippen LogP contribution is 2.18. The van der Waals surface area contributed by atoms with Crippen LogP contribution in [0.2, 0.25) is 0 Å². The first kappa shape index (κ1) is 77.1. The highest BCUT2D eigenvalue weighted by Gasteiger charge is 2.19. The Morgan fingerprint density at radius 3 is 0.775 bits per heavy atom. The molecule has 0 radical (unpaired) electrons. The van der Waals surface area contributed by atoms with Crippen molar-refractivity contribution in [1.29, 1.82) is 0 Å². The van der Waals surface area contributed by atoms with Gasteiger partial charge in [0.25, 0.3) is 0 Å². The van der Waals surface area contributed by atoms with Crippen LogP contribution in [0.1, 0.15) is 374 Å². The number of hydrogen-bond donors (Lipinski definition) is 0. The summed E-state index contributed by atoms with van der Waals surface area (Å²) in [4.78, 5) is 38.2. The number of allylic oxidation sites excluding steroid dienone is 10. The summed E-state index contributed by atoms with van der Waals surface area (Å²) < 4.78 is 16.9. The average Bonchev–Trinajstić information content (AvgIpc) is 3.46. The highest BCUT2D eigenvalue weighted by molar-refractivity contribution is 5.71. The van der Waals surface area contributed by atoms with Crippen LogP contribution in [0.4, 0.5) is 0 Å². The smallest absolute Gasteiger partial charge is 0.306 e. The van der Waals surface area contributed by atoms with E-state index >= 15 is 0 Å². The third-order valence-corrected chi connectivity index (χ3v) is 15.8. The standard InChI is InChI=1S/C74H134O6/c1-4-7-10-13-16-19-22-24-26-28-29-30-31-32-33-34-35-36-37-38-39-40-41-42-43-44-45-47-48-50-52-55-58-61-64-67-73(76)79-70-71(69-78-72(75)66-63-60-57-54-21-18-15-12-9-6-3)80-74(77)68-65-62-59-56-53-51-49-46-27-25-23-20-17-14-11-8-5-2/h8,11,17,20,25,27-29,49,51,71H,4-7,9-10,12-16,18-19,21-24,26,30-48,50,52-70H2,1-3H3/b11-8-,20-17-,27-25-,29-28-,51-49-. The van der Waals surface area contributed by atoms with Gasteiger partial charge in [-0.15, -0.1) is 0 Å². The van der Waals surface area contributed by atoms with E-state index in [2.05, 4.69) is 81.5 Å². The molecule has 0 aromatic rings. The van der Waals surface area contributed by atoms with Gasteiger partial charge < -0.3 is 14.2 Å². The Bertz CT molecular complexity index is 1430. The Labute approximate surface area is 498 Å². The van der Waals surface area contributed by atoms with Gasteiger partial charge in [0.1, 0.15) is 13.2 Å². The van der Waals surface area contributed by atoms with Crippen LogP contribution in [0.25, 0.3) is 0 Å². The van der Waals surface area contributed by atoms with E-state index in [9.17, 15) is 14.4 Å². The van der Waals surface area contributed by atoms with Crippen molar-refractivity contribution in [2.45, 2.75) is 380 Å². The number of carbonyl (C=O) groups excluding carboxylic acids is 3. The van der Waals surface area contributed by atoms with Crippen molar-refractivity contribution in [3.63, 3.8) is 0 Å². The molecule has 80 heavy (non-hydrogen) atoms. The van der Waals surface area contributed by atoms with Crippen LogP contribution in [0, 0.1) is 0 Å². The number of unbranched alkanes of at least 4 members (excludes halogenated alkanes) is 44. The van der Waals surface area contributed by atoms with Gasteiger partial charge in [-0.05, 0) is 83.5 Å². The minimum absolute atomic E-state index is 0.0799. The lowest BCUT2D eigenvalue weighted by atomic mass is 10.0. The Hall–Kier alpha value is -2.89. The predicted octanol–water partition coefficient (Wildman–Crippen LogP) is 24.3. The number of ether oxygens (including phenoxy) is 3. The van der Waals surface area contributed by atoms with Crippen LogP contribution < -0.4 is 0 Å². The molecule has 0 bridgehead atoms. The Balaban J connectivity index is 4.04. The molecule has 0 spiro atoms. The predicted molar refractivity (Wildman–Crippen MR) is 348 cm³/mol. The largest absolute Gasteiger partial charge is 0.462 e. The van der Waals surface area contributed by atoms with E-state index in [1.54, 1.807) is 0 Å². The Morgan fingerprint density at radius 1 is 0.263 bits per heavy atom. The van der Waals surface area contributed by atoms with Crippen molar-refractivity contribution >= 4 is 17.9 Å². The van der Waals surface area contributed by atoms with Crippen LogP contribution >= 0.6 is 0 Å². The van der Waals surface area contributed by atoms with Crippen molar-refractivity contribution < 1.29 is 28.6 Å². The molecule has 6 nitrogen and oxygen atoms in total. The second-order valence-electron chi connectivity index (χ2n) is 23.8. The number of hydrogen-bond acceptors (Lipinski definition) is 6. The molecule has 0 aliphatic carbocycles. The zero-order valence-corrected chi connectivity index (χ0v) is 53.6. The third-order valence-electron chi connectivity index (χ3n) is 15.8. The van der Waals surface area contributed by atoms with Crippen molar-refractivity contribution in [2.75, 3.05) is 13.2 Å². The molecule has 0 fully saturated rings. The molecule has 0 aromatic carbocycles. The van der Waals surface area contributed by atoms with Crippen LogP contribution in [-0.4, -0.2) is 37.2 Å². The van der Waals surface area contributed by atoms with Crippen LogP contribution in [0.15, 0.2) is 60.8 Å². The normalized spacial score (nSPS) is 12.4. The van der Waals surface area contributed by atoms with E-state index in [1.165, 1.54) is 238 Å². The average molecular weight is 1120 g/mol. The van der Waals surface area contributed by atoms with Crippen molar-refractivity contribution in [3.8, 4) is 0 Å². The fraction of sp³-hybridized carbons (Fsp3) is 0.824. The second kappa shape index (κ2) is 68.6. The highest BCUT2D eigenvalue weighted by atomic mass is 16.6. The van der Waals surface area contributed by atoms with Gasteiger partial charge >= 0.3 is 17.9 Å². The van der Waals surface area contributed by atoms with Gasteiger partial charge in [0.05, 0.1) is 0 Å². The molecule has 0 aliphatic rings. The lowest BCUT2D eigenvalue weighted by molar-refractivity contribution is -0.167. The molecule has 0 heterocycles. The maximum Gasteiger partial charge on any atom is 0.306 e. The zero-order chi connectivity index (χ0) is 57.8. The van der Waals surface area contributed by atoms with Gasteiger partial charge in [-0.2, -0.15) is 0 Å². The van der Waals surface area contributed by atoms with Crippen molar-refractivity contribution in [2.24, 2.45) is 0 Å². The van der Waals surface area contributed by atoms with Crippen LogP contribution in [-0.2, 0) is 28.6 Å². The summed E-state index contributed by atoms with van der Waals surface area (Å²) in [6.07, 6.45) is 88.5. The summed E-state index contributed by atoms with van der Waals surface area (Å²) >= 11 is 0. The van der Waals surface area contributed by atoms with E-state index in [4.69, 9.17) is 14.2 Å². The summed E-state index contributed by atoms with van der Waals surface area (Å²) in [5.74, 6) is -0.886. The van der Waals surface area contributed by atoms with E-state index < -0.39 is 6.10 Å². The fourth-order valence-electron chi connectivity index (χ4n) is 10.5. The first-order valence-corrected chi connectivity index (χ1v) is 35.3. The maximum absolute atomic E-state index is 12.9. The second-order valence-corrected chi connectivity index (χ2v) is 23.8. The molecular formula is C74H134O6. The first-order valence-electron chi connectivity index (χ1n) is 35.3. The zero-order valence-electron chi connectivity index (χ0n) is 53.6. The van der Waals surface area contributed by atoms with E-state index in [1.807, 2.05) is 0 Å². The van der Waals surface area contributed by atoms with Gasteiger partial charge in [0, 0.05) is 19.3 Å². The van der Waals surface area contributed by atoms with Gasteiger partial charge in [0.15, 0.2) is 6.10 Å². The molecule has 0 aromatic heterocycles. The molecule has 0 amide bonds. The Morgan fingerprint density at radius 2 is 0.487 bits per heavy atom. The third kappa shape index (κ3) is 65.9. The van der Waals surface area contributed by atoms with Gasteiger partial charge in [0.2, 0.25) is 0 Å². The first-order chi connectivity index (χ1) is 39.5. The summed E-state index contributed by atoms with van der Waals surface area (Å²) in [6, 6.07) is 0. The molecule has 0 saturated heterocycles. The molecule has 466 valence electrons. The molecule has 1 atom stereocenters. The molecule has 6 heteroatoms. The molecule has 0 saturated carbocycles. The topological polar surface area (TPSA) is 78.9 Å². The molecular weight excluding hydrogens is 985 g/mol. The van der Waals surface area contributed by atoms with Crippen LogP contribution in [0.3, 0.4) is 0 Å². The summed E-state index contributed by atoms with van der Waals surface area (Å²) in [5, 5.41) is 0. The van der Waals surface area contributed by atoms with E-state index in [0.29, 0.717) is 19.3 Å². The minimum atomic E-state index is -0.784. The fourth-order valence-corrected chi connectivity index (χ4v) is 10.5. The van der Waals surface area contributed by atoms with E-state index in [-0.39, 0.29) is 31.1 Å². The minimum Gasteiger partial charge on any atom is -0.462 e. The van der Waals surface area contributed by atoms with Crippen molar-refractivity contribution in [3.05, 3.63) is 60.8 Å². The number of rotatable bonds is 65.